The molecule has 0 radical (unpaired) electrons. The topological polar surface area (TPSA) is 62.7 Å². The highest BCUT2D eigenvalue weighted by Gasteiger charge is 2.16. The Kier molecular flexibility index (Phi) is 3.46. The average molecular weight is 258 g/mol. The summed E-state index contributed by atoms with van der Waals surface area (Å²) in [7, 11) is 0. The van der Waals surface area contributed by atoms with Gasteiger partial charge in [0.15, 0.2) is 0 Å². The second-order valence-electron chi connectivity index (χ2n) is 4.98. The van der Waals surface area contributed by atoms with Gasteiger partial charge in [0.1, 0.15) is 5.82 Å². The van der Waals surface area contributed by atoms with Crippen LogP contribution in [0.5, 0.6) is 0 Å². The number of benzene rings is 1. The van der Waals surface area contributed by atoms with Crippen LogP contribution in [0.2, 0.25) is 0 Å². The van der Waals surface area contributed by atoms with Gasteiger partial charge in [-0.25, -0.2) is 4.79 Å². The minimum absolute atomic E-state index is 0.169. The Morgan fingerprint density at radius 1 is 1.26 bits per heavy atom. The number of para-hydroxylation sites is 1. The van der Waals surface area contributed by atoms with Crippen molar-refractivity contribution < 1.29 is 0 Å². The lowest BCUT2D eigenvalue weighted by molar-refractivity contribution is 0.394. The van der Waals surface area contributed by atoms with Crippen LogP contribution >= 0.6 is 0 Å². The monoisotopic (exact) mass is 258 g/mol. The van der Waals surface area contributed by atoms with Gasteiger partial charge in [-0.15, -0.1) is 0 Å². The molecule has 19 heavy (non-hydrogen) atoms. The van der Waals surface area contributed by atoms with Gasteiger partial charge in [-0.1, -0.05) is 24.6 Å². The third kappa shape index (κ3) is 2.76. The lowest BCUT2D eigenvalue weighted by Gasteiger charge is -2.22. The maximum atomic E-state index is 11.9. The highest BCUT2D eigenvalue weighted by molar-refractivity contribution is 5.29. The van der Waals surface area contributed by atoms with Crippen LogP contribution in [0.15, 0.2) is 35.1 Å². The minimum atomic E-state index is -0.169. The van der Waals surface area contributed by atoms with Gasteiger partial charge in [-0.3, -0.25) is 4.98 Å². The average Bonchev–Trinajstić information content (AvgIpc) is 2.82. The van der Waals surface area contributed by atoms with E-state index in [4.69, 9.17) is 0 Å². The van der Waals surface area contributed by atoms with Crippen molar-refractivity contribution in [1.82, 2.24) is 20.1 Å². The summed E-state index contributed by atoms with van der Waals surface area (Å²) in [5.41, 5.74) is 0.628. The van der Waals surface area contributed by atoms with Crippen LogP contribution in [-0.4, -0.2) is 27.4 Å². The van der Waals surface area contributed by atoms with E-state index < -0.39 is 0 Å². The minimum Gasteiger partial charge on any atom is -0.314 e. The summed E-state index contributed by atoms with van der Waals surface area (Å²) >= 11 is 0. The molecule has 0 amide bonds. The van der Waals surface area contributed by atoms with Gasteiger partial charge in [0.2, 0.25) is 0 Å². The Balaban J connectivity index is 1.79. The standard InChI is InChI=1S/C14H18N4O/c19-14-16-13(10-11-6-4-5-9-15-11)17-18(14)12-7-2-1-3-8-12/h1-3,7-8,11,15H,4-6,9-10H2,(H,16,17,19). The largest absolute Gasteiger partial charge is 0.348 e. The van der Waals surface area contributed by atoms with Gasteiger partial charge in [0.05, 0.1) is 5.69 Å². The van der Waals surface area contributed by atoms with Crippen LogP contribution in [0.3, 0.4) is 0 Å². The van der Waals surface area contributed by atoms with E-state index in [1.54, 1.807) is 0 Å². The highest BCUT2D eigenvalue weighted by atomic mass is 16.1. The predicted octanol–water partition coefficient (Wildman–Crippen LogP) is 1.25. The summed E-state index contributed by atoms with van der Waals surface area (Å²) in [4.78, 5) is 14.8. The second kappa shape index (κ2) is 5.40. The molecule has 5 nitrogen and oxygen atoms in total. The summed E-state index contributed by atoms with van der Waals surface area (Å²) in [6.07, 6.45) is 4.43. The Labute approximate surface area is 111 Å². The Morgan fingerprint density at radius 2 is 2.11 bits per heavy atom. The molecular weight excluding hydrogens is 240 g/mol. The first kappa shape index (κ1) is 12.2. The fourth-order valence-electron chi connectivity index (χ4n) is 2.54. The van der Waals surface area contributed by atoms with Crippen molar-refractivity contribution in [1.29, 1.82) is 0 Å². The fraction of sp³-hybridized carbons (Fsp3) is 0.429. The van der Waals surface area contributed by atoms with Crippen molar-refractivity contribution in [3.63, 3.8) is 0 Å². The number of aromatic nitrogens is 3. The van der Waals surface area contributed by atoms with Gasteiger partial charge in [0, 0.05) is 12.5 Å². The summed E-state index contributed by atoms with van der Waals surface area (Å²) in [6.45, 7) is 1.06. The Morgan fingerprint density at radius 3 is 2.84 bits per heavy atom. The van der Waals surface area contributed by atoms with E-state index in [1.165, 1.54) is 17.5 Å². The van der Waals surface area contributed by atoms with Crippen LogP contribution in [-0.2, 0) is 6.42 Å². The molecule has 3 rings (SSSR count). The third-order valence-electron chi connectivity index (χ3n) is 3.52. The fourth-order valence-corrected chi connectivity index (χ4v) is 2.54. The second-order valence-corrected chi connectivity index (χ2v) is 4.98. The molecule has 2 heterocycles. The number of H-pyrrole nitrogens is 1. The molecule has 1 saturated heterocycles. The molecule has 2 N–H and O–H groups in total. The summed E-state index contributed by atoms with van der Waals surface area (Å²) < 4.78 is 1.43. The number of hydrogen-bond donors (Lipinski definition) is 2. The molecule has 5 heteroatoms. The molecule has 1 fully saturated rings. The van der Waals surface area contributed by atoms with E-state index in [1.807, 2.05) is 30.3 Å². The molecule has 0 aliphatic carbocycles. The first-order valence-electron chi connectivity index (χ1n) is 6.80. The molecule has 0 saturated carbocycles. The Bertz CT molecular complexity index is 581. The van der Waals surface area contributed by atoms with Crippen molar-refractivity contribution >= 4 is 0 Å². The van der Waals surface area contributed by atoms with Gasteiger partial charge < -0.3 is 5.32 Å². The van der Waals surface area contributed by atoms with E-state index in [0.29, 0.717) is 6.04 Å². The zero-order chi connectivity index (χ0) is 13.1. The number of nitrogens with one attached hydrogen (secondary N) is 2. The van der Waals surface area contributed by atoms with Crippen LogP contribution in [0, 0.1) is 0 Å². The molecule has 1 aliphatic rings. The van der Waals surface area contributed by atoms with Gasteiger partial charge in [-0.2, -0.15) is 9.78 Å². The Hall–Kier alpha value is -1.88. The predicted molar refractivity (Wildman–Crippen MR) is 73.5 cm³/mol. The number of hydrogen-bond acceptors (Lipinski definition) is 3. The van der Waals surface area contributed by atoms with Crippen LogP contribution in [0.1, 0.15) is 25.1 Å². The summed E-state index contributed by atoms with van der Waals surface area (Å²) in [6, 6.07) is 9.92. The molecule has 2 aromatic rings. The van der Waals surface area contributed by atoms with Crippen LogP contribution in [0.25, 0.3) is 5.69 Å². The van der Waals surface area contributed by atoms with Crippen molar-refractivity contribution in [2.75, 3.05) is 6.54 Å². The molecule has 100 valence electrons. The molecule has 1 aliphatic heterocycles. The maximum absolute atomic E-state index is 11.9. The molecule has 1 aromatic carbocycles. The smallest absolute Gasteiger partial charge is 0.314 e. The molecule has 0 spiro atoms. The van der Waals surface area contributed by atoms with Crippen molar-refractivity contribution in [3.05, 3.63) is 46.6 Å². The quantitative estimate of drug-likeness (QED) is 0.871. The molecule has 0 bridgehead atoms. The first-order chi connectivity index (χ1) is 9.33. The first-order valence-corrected chi connectivity index (χ1v) is 6.80. The SMILES string of the molecule is O=c1[nH]c(CC2CCCCN2)nn1-c1ccccc1. The third-order valence-corrected chi connectivity index (χ3v) is 3.52. The highest BCUT2D eigenvalue weighted by Crippen LogP contribution is 2.10. The van der Waals surface area contributed by atoms with E-state index in [2.05, 4.69) is 15.4 Å². The van der Waals surface area contributed by atoms with E-state index in [0.717, 1.165) is 30.9 Å². The maximum Gasteiger partial charge on any atom is 0.348 e. The number of rotatable bonds is 3. The summed E-state index contributed by atoms with van der Waals surface area (Å²) in [5.74, 6) is 0.758. The summed E-state index contributed by atoms with van der Waals surface area (Å²) in [5, 5.41) is 7.85. The lowest BCUT2D eigenvalue weighted by Crippen LogP contribution is -2.35. The molecule has 1 unspecified atom stereocenters. The normalized spacial score (nSPS) is 19.5. The number of aromatic amines is 1. The van der Waals surface area contributed by atoms with Gasteiger partial charge in [0.25, 0.3) is 0 Å². The number of nitrogens with zero attached hydrogens (tertiary/aromatic N) is 2. The van der Waals surface area contributed by atoms with E-state index in [9.17, 15) is 4.79 Å². The number of piperidine rings is 1. The van der Waals surface area contributed by atoms with Gasteiger partial charge in [-0.05, 0) is 31.5 Å². The van der Waals surface area contributed by atoms with E-state index in [-0.39, 0.29) is 5.69 Å². The zero-order valence-electron chi connectivity index (χ0n) is 10.8. The van der Waals surface area contributed by atoms with Gasteiger partial charge >= 0.3 is 5.69 Å². The molecular formula is C14H18N4O. The van der Waals surface area contributed by atoms with Crippen LogP contribution in [0.4, 0.5) is 0 Å². The molecule has 1 aromatic heterocycles. The van der Waals surface area contributed by atoms with Crippen LogP contribution < -0.4 is 11.0 Å². The van der Waals surface area contributed by atoms with Crippen molar-refractivity contribution in [2.45, 2.75) is 31.7 Å². The lowest BCUT2D eigenvalue weighted by atomic mass is 10.0. The van der Waals surface area contributed by atoms with Crippen molar-refractivity contribution in [2.24, 2.45) is 0 Å². The van der Waals surface area contributed by atoms with E-state index >= 15 is 0 Å². The molecule has 1 atom stereocenters. The zero-order valence-corrected chi connectivity index (χ0v) is 10.8. The van der Waals surface area contributed by atoms with Crippen molar-refractivity contribution in [3.8, 4) is 5.69 Å².